The Balaban J connectivity index is 1.77. The van der Waals surface area contributed by atoms with Crippen LogP contribution in [0, 0.1) is 0 Å². The first kappa shape index (κ1) is 13.7. The lowest BCUT2D eigenvalue weighted by atomic mass is 10.2. The van der Waals surface area contributed by atoms with Crippen LogP contribution in [0.4, 0.5) is 5.69 Å². The summed E-state index contributed by atoms with van der Waals surface area (Å²) in [6, 6.07) is 8.15. The molecule has 1 aromatic carbocycles. The summed E-state index contributed by atoms with van der Waals surface area (Å²) in [5.74, 6) is 0. The van der Waals surface area contributed by atoms with Crippen LogP contribution in [0.2, 0.25) is 5.02 Å². The lowest BCUT2D eigenvalue weighted by Gasteiger charge is -2.36. The normalized spacial score (nSPS) is 17.1. The average molecular weight is 268 g/mol. The second-order valence-electron chi connectivity index (χ2n) is 4.66. The van der Waals surface area contributed by atoms with Crippen molar-refractivity contribution in [2.24, 2.45) is 0 Å². The SMILES string of the molecule is CCNCCN1CCN(c2ccc(Cl)cc2)CC1. The van der Waals surface area contributed by atoms with Crippen LogP contribution in [0.1, 0.15) is 6.92 Å². The fraction of sp³-hybridized carbons (Fsp3) is 0.571. The topological polar surface area (TPSA) is 18.5 Å². The maximum absolute atomic E-state index is 5.91. The van der Waals surface area contributed by atoms with Gasteiger partial charge in [-0.25, -0.2) is 0 Å². The molecule has 1 heterocycles. The van der Waals surface area contributed by atoms with E-state index in [1.165, 1.54) is 5.69 Å². The third kappa shape index (κ3) is 3.87. The second kappa shape index (κ2) is 6.98. The van der Waals surface area contributed by atoms with Crippen molar-refractivity contribution in [3.8, 4) is 0 Å². The van der Waals surface area contributed by atoms with Crippen LogP contribution in [0.3, 0.4) is 0 Å². The summed E-state index contributed by atoms with van der Waals surface area (Å²) < 4.78 is 0. The molecular formula is C14H22ClN3. The zero-order valence-electron chi connectivity index (χ0n) is 11.0. The van der Waals surface area contributed by atoms with E-state index < -0.39 is 0 Å². The molecule has 0 atom stereocenters. The van der Waals surface area contributed by atoms with Crippen molar-refractivity contribution in [1.82, 2.24) is 10.2 Å². The molecule has 0 unspecified atom stereocenters. The number of likely N-dealkylation sites (N-methyl/N-ethyl adjacent to an activating group) is 1. The minimum Gasteiger partial charge on any atom is -0.369 e. The summed E-state index contributed by atoms with van der Waals surface area (Å²) in [6.45, 7) is 9.96. The molecule has 1 N–H and O–H groups in total. The molecule has 1 saturated heterocycles. The molecule has 0 aliphatic carbocycles. The minimum atomic E-state index is 0.808. The lowest BCUT2D eigenvalue weighted by molar-refractivity contribution is 0.258. The van der Waals surface area contributed by atoms with E-state index in [1.807, 2.05) is 12.1 Å². The monoisotopic (exact) mass is 267 g/mol. The highest BCUT2D eigenvalue weighted by Crippen LogP contribution is 2.19. The number of benzene rings is 1. The maximum Gasteiger partial charge on any atom is 0.0407 e. The molecule has 1 aliphatic rings. The van der Waals surface area contributed by atoms with Crippen molar-refractivity contribution in [3.05, 3.63) is 29.3 Å². The standard InChI is InChI=1S/C14H22ClN3/c1-2-16-7-8-17-9-11-18(12-10-17)14-5-3-13(15)4-6-14/h3-6,16H,2,7-12H2,1H3. The van der Waals surface area contributed by atoms with E-state index in [9.17, 15) is 0 Å². The van der Waals surface area contributed by atoms with Crippen LogP contribution < -0.4 is 10.2 Å². The molecule has 0 saturated carbocycles. The van der Waals surface area contributed by atoms with E-state index in [4.69, 9.17) is 11.6 Å². The van der Waals surface area contributed by atoms with Gasteiger partial charge in [0.2, 0.25) is 0 Å². The van der Waals surface area contributed by atoms with Crippen LogP contribution in [-0.2, 0) is 0 Å². The molecule has 0 aromatic heterocycles. The van der Waals surface area contributed by atoms with Crippen molar-refractivity contribution in [2.75, 3.05) is 50.7 Å². The lowest BCUT2D eigenvalue weighted by Crippen LogP contribution is -2.48. The molecular weight excluding hydrogens is 246 g/mol. The van der Waals surface area contributed by atoms with Crippen LogP contribution >= 0.6 is 11.6 Å². The molecule has 0 spiro atoms. The fourth-order valence-electron chi connectivity index (χ4n) is 2.30. The van der Waals surface area contributed by atoms with Gasteiger partial charge >= 0.3 is 0 Å². The van der Waals surface area contributed by atoms with Crippen molar-refractivity contribution in [1.29, 1.82) is 0 Å². The van der Waals surface area contributed by atoms with E-state index in [2.05, 4.69) is 34.2 Å². The van der Waals surface area contributed by atoms with Gasteiger partial charge in [0.05, 0.1) is 0 Å². The molecule has 4 heteroatoms. The van der Waals surface area contributed by atoms with Crippen molar-refractivity contribution in [2.45, 2.75) is 6.92 Å². The molecule has 100 valence electrons. The van der Waals surface area contributed by atoms with Gasteiger partial charge in [-0.3, -0.25) is 4.90 Å². The Bertz CT molecular complexity index is 345. The van der Waals surface area contributed by atoms with Crippen molar-refractivity contribution < 1.29 is 0 Å². The highest BCUT2D eigenvalue weighted by Gasteiger charge is 2.16. The van der Waals surface area contributed by atoms with Gasteiger partial charge in [-0.15, -0.1) is 0 Å². The highest BCUT2D eigenvalue weighted by atomic mass is 35.5. The largest absolute Gasteiger partial charge is 0.369 e. The summed E-state index contributed by atoms with van der Waals surface area (Å²) >= 11 is 5.91. The first-order chi connectivity index (χ1) is 8.79. The van der Waals surface area contributed by atoms with Crippen LogP contribution in [-0.4, -0.2) is 50.7 Å². The fourth-order valence-corrected chi connectivity index (χ4v) is 2.42. The van der Waals surface area contributed by atoms with Gasteiger partial charge < -0.3 is 10.2 Å². The zero-order valence-corrected chi connectivity index (χ0v) is 11.8. The van der Waals surface area contributed by atoms with Gasteiger partial charge in [-0.1, -0.05) is 18.5 Å². The summed E-state index contributed by atoms with van der Waals surface area (Å²) in [5, 5.41) is 4.18. The predicted octanol–water partition coefficient (Wildman–Crippen LogP) is 2.07. The number of piperazine rings is 1. The summed E-state index contributed by atoms with van der Waals surface area (Å²) in [4.78, 5) is 4.95. The maximum atomic E-state index is 5.91. The second-order valence-corrected chi connectivity index (χ2v) is 5.10. The average Bonchev–Trinajstić information content (AvgIpc) is 2.41. The predicted molar refractivity (Wildman–Crippen MR) is 78.6 cm³/mol. The van der Waals surface area contributed by atoms with Crippen LogP contribution in [0.25, 0.3) is 0 Å². The Morgan fingerprint density at radius 2 is 1.78 bits per heavy atom. The third-order valence-corrected chi connectivity index (χ3v) is 3.67. The molecule has 1 fully saturated rings. The molecule has 0 bridgehead atoms. The van der Waals surface area contributed by atoms with Crippen LogP contribution in [0.5, 0.6) is 0 Å². The Morgan fingerprint density at radius 1 is 1.11 bits per heavy atom. The molecule has 0 radical (unpaired) electrons. The van der Waals surface area contributed by atoms with E-state index in [1.54, 1.807) is 0 Å². The minimum absolute atomic E-state index is 0.808. The van der Waals surface area contributed by atoms with Gasteiger partial charge in [0.15, 0.2) is 0 Å². The third-order valence-electron chi connectivity index (χ3n) is 3.42. The van der Waals surface area contributed by atoms with E-state index in [0.29, 0.717) is 0 Å². The smallest absolute Gasteiger partial charge is 0.0407 e. The molecule has 1 aliphatic heterocycles. The number of rotatable bonds is 5. The van der Waals surface area contributed by atoms with Gasteiger partial charge in [0.1, 0.15) is 0 Å². The van der Waals surface area contributed by atoms with Gasteiger partial charge in [-0.2, -0.15) is 0 Å². The quantitative estimate of drug-likeness (QED) is 0.824. The van der Waals surface area contributed by atoms with Crippen molar-refractivity contribution >= 4 is 17.3 Å². The molecule has 18 heavy (non-hydrogen) atoms. The molecule has 2 rings (SSSR count). The van der Waals surface area contributed by atoms with Gasteiger partial charge in [0, 0.05) is 50.0 Å². The van der Waals surface area contributed by atoms with E-state index in [-0.39, 0.29) is 0 Å². The first-order valence-electron chi connectivity index (χ1n) is 6.73. The first-order valence-corrected chi connectivity index (χ1v) is 7.11. The molecule has 0 amide bonds. The summed E-state index contributed by atoms with van der Waals surface area (Å²) in [6.07, 6.45) is 0. The molecule has 1 aromatic rings. The Morgan fingerprint density at radius 3 is 2.39 bits per heavy atom. The van der Waals surface area contributed by atoms with Crippen molar-refractivity contribution in [3.63, 3.8) is 0 Å². The van der Waals surface area contributed by atoms with Gasteiger partial charge in [-0.05, 0) is 30.8 Å². The zero-order chi connectivity index (χ0) is 12.8. The number of nitrogens with one attached hydrogen (secondary N) is 1. The number of anilines is 1. The number of halogens is 1. The Hall–Kier alpha value is -0.770. The number of nitrogens with zero attached hydrogens (tertiary/aromatic N) is 2. The van der Waals surface area contributed by atoms with E-state index >= 15 is 0 Å². The summed E-state index contributed by atoms with van der Waals surface area (Å²) in [7, 11) is 0. The van der Waals surface area contributed by atoms with E-state index in [0.717, 1.165) is 50.8 Å². The van der Waals surface area contributed by atoms with Crippen LogP contribution in [0.15, 0.2) is 24.3 Å². The number of hydrogen-bond acceptors (Lipinski definition) is 3. The number of hydrogen-bond donors (Lipinski definition) is 1. The Kier molecular flexibility index (Phi) is 5.29. The Labute approximate surface area is 115 Å². The van der Waals surface area contributed by atoms with Gasteiger partial charge in [0.25, 0.3) is 0 Å². The highest BCUT2D eigenvalue weighted by molar-refractivity contribution is 6.30. The molecule has 3 nitrogen and oxygen atoms in total. The summed E-state index contributed by atoms with van der Waals surface area (Å²) in [5.41, 5.74) is 1.28.